The Labute approximate surface area is 157 Å². The Morgan fingerprint density at radius 2 is 1.78 bits per heavy atom. The predicted molar refractivity (Wildman–Crippen MR) is 102 cm³/mol. The van der Waals surface area contributed by atoms with Crippen LogP contribution in [-0.4, -0.2) is 24.4 Å². The van der Waals surface area contributed by atoms with Gasteiger partial charge in [0.2, 0.25) is 6.79 Å². The molecule has 0 atom stereocenters. The smallest absolute Gasteiger partial charge is 0.257 e. The van der Waals surface area contributed by atoms with Crippen molar-refractivity contribution in [1.82, 2.24) is 4.57 Å². The molecule has 1 aromatic heterocycles. The number of rotatable bonds is 4. The monoisotopic (exact) mass is 364 g/mol. The minimum atomic E-state index is -0.165. The van der Waals surface area contributed by atoms with E-state index in [0.29, 0.717) is 22.7 Å². The van der Waals surface area contributed by atoms with Gasteiger partial charge < -0.3 is 24.1 Å². The SMILES string of the molecule is COc1ccc(-n2c(C)cc(C(=O)Nc3ccc4c(c3)OCO4)c2C)cc1. The number of methoxy groups -OCH3 is 1. The predicted octanol–water partition coefficient (Wildman–Crippen LogP) is 4.08. The standard InChI is InChI=1S/C21H20N2O4/c1-13-10-18(14(2)23(13)16-5-7-17(25-3)8-6-16)21(24)22-15-4-9-19-20(11-15)27-12-26-19/h4-11H,12H2,1-3H3,(H,22,24). The molecular weight excluding hydrogens is 344 g/mol. The van der Waals surface area contributed by atoms with Crippen LogP contribution in [0.15, 0.2) is 48.5 Å². The molecule has 138 valence electrons. The maximum absolute atomic E-state index is 12.8. The van der Waals surface area contributed by atoms with Crippen molar-refractivity contribution in [2.24, 2.45) is 0 Å². The van der Waals surface area contributed by atoms with Gasteiger partial charge in [0, 0.05) is 28.8 Å². The van der Waals surface area contributed by atoms with E-state index in [9.17, 15) is 4.79 Å². The van der Waals surface area contributed by atoms with Gasteiger partial charge in [0.25, 0.3) is 5.91 Å². The van der Waals surface area contributed by atoms with Gasteiger partial charge in [-0.25, -0.2) is 0 Å². The van der Waals surface area contributed by atoms with Crippen LogP contribution in [0.3, 0.4) is 0 Å². The zero-order chi connectivity index (χ0) is 19.0. The Hall–Kier alpha value is -3.41. The summed E-state index contributed by atoms with van der Waals surface area (Å²) in [5, 5.41) is 2.93. The summed E-state index contributed by atoms with van der Waals surface area (Å²) in [7, 11) is 1.64. The van der Waals surface area contributed by atoms with Crippen molar-refractivity contribution in [2.75, 3.05) is 19.2 Å². The van der Waals surface area contributed by atoms with Crippen LogP contribution < -0.4 is 19.5 Å². The lowest BCUT2D eigenvalue weighted by Gasteiger charge is -2.11. The molecule has 6 nitrogen and oxygen atoms in total. The van der Waals surface area contributed by atoms with Crippen molar-refractivity contribution < 1.29 is 19.0 Å². The molecule has 1 aliphatic heterocycles. The van der Waals surface area contributed by atoms with Crippen LogP contribution in [-0.2, 0) is 0 Å². The quantitative estimate of drug-likeness (QED) is 0.758. The first kappa shape index (κ1) is 17.0. The molecule has 4 rings (SSSR count). The number of benzene rings is 2. The molecule has 0 radical (unpaired) electrons. The number of carbonyl (C=O) groups excluding carboxylic acids is 1. The van der Waals surface area contributed by atoms with Gasteiger partial charge in [-0.1, -0.05) is 0 Å². The maximum Gasteiger partial charge on any atom is 0.257 e. The normalized spacial score (nSPS) is 12.1. The summed E-state index contributed by atoms with van der Waals surface area (Å²) in [6.07, 6.45) is 0. The zero-order valence-corrected chi connectivity index (χ0v) is 15.4. The van der Waals surface area contributed by atoms with E-state index >= 15 is 0 Å². The van der Waals surface area contributed by atoms with Crippen LogP contribution in [0.5, 0.6) is 17.2 Å². The second-order valence-electron chi connectivity index (χ2n) is 6.34. The number of ether oxygens (including phenoxy) is 3. The molecule has 0 aliphatic carbocycles. The van der Waals surface area contributed by atoms with E-state index in [4.69, 9.17) is 14.2 Å². The molecule has 1 amide bonds. The van der Waals surface area contributed by atoms with E-state index in [1.807, 2.05) is 48.7 Å². The van der Waals surface area contributed by atoms with Crippen molar-refractivity contribution in [3.63, 3.8) is 0 Å². The van der Waals surface area contributed by atoms with Crippen LogP contribution in [0.2, 0.25) is 0 Å². The Balaban J connectivity index is 1.61. The summed E-state index contributed by atoms with van der Waals surface area (Å²) in [5.41, 5.74) is 4.12. The van der Waals surface area contributed by atoms with Crippen molar-refractivity contribution >= 4 is 11.6 Å². The fraction of sp³-hybridized carbons (Fsp3) is 0.190. The lowest BCUT2D eigenvalue weighted by atomic mass is 10.2. The Kier molecular flexibility index (Phi) is 4.24. The van der Waals surface area contributed by atoms with E-state index in [1.165, 1.54) is 0 Å². The molecule has 1 N–H and O–H groups in total. The minimum Gasteiger partial charge on any atom is -0.497 e. The number of nitrogens with zero attached hydrogens (tertiary/aromatic N) is 1. The molecule has 2 aromatic carbocycles. The molecule has 0 saturated carbocycles. The van der Waals surface area contributed by atoms with Crippen LogP contribution in [0, 0.1) is 13.8 Å². The zero-order valence-electron chi connectivity index (χ0n) is 15.4. The van der Waals surface area contributed by atoms with Gasteiger partial charge in [0.1, 0.15) is 5.75 Å². The highest BCUT2D eigenvalue weighted by Crippen LogP contribution is 2.34. The average Bonchev–Trinajstić information content (AvgIpc) is 3.25. The second-order valence-corrected chi connectivity index (χ2v) is 6.34. The minimum absolute atomic E-state index is 0.165. The van der Waals surface area contributed by atoms with E-state index < -0.39 is 0 Å². The summed E-state index contributed by atoms with van der Waals surface area (Å²) in [6, 6.07) is 15.0. The van der Waals surface area contributed by atoms with Crippen molar-refractivity contribution in [3.8, 4) is 22.9 Å². The van der Waals surface area contributed by atoms with Gasteiger partial charge in [0.05, 0.1) is 12.7 Å². The third kappa shape index (κ3) is 3.10. The Morgan fingerprint density at radius 1 is 1.04 bits per heavy atom. The van der Waals surface area contributed by atoms with Gasteiger partial charge in [-0.05, 0) is 56.3 Å². The number of hydrogen-bond acceptors (Lipinski definition) is 4. The fourth-order valence-electron chi connectivity index (χ4n) is 3.29. The van der Waals surface area contributed by atoms with Gasteiger partial charge in [-0.3, -0.25) is 4.79 Å². The molecule has 2 heterocycles. The highest BCUT2D eigenvalue weighted by atomic mass is 16.7. The number of carbonyl (C=O) groups is 1. The van der Waals surface area contributed by atoms with Gasteiger partial charge >= 0.3 is 0 Å². The first-order valence-electron chi connectivity index (χ1n) is 8.61. The third-order valence-electron chi connectivity index (χ3n) is 4.64. The molecule has 27 heavy (non-hydrogen) atoms. The topological polar surface area (TPSA) is 61.7 Å². The van der Waals surface area contributed by atoms with E-state index in [2.05, 4.69) is 5.32 Å². The number of hydrogen-bond donors (Lipinski definition) is 1. The Morgan fingerprint density at radius 3 is 2.52 bits per heavy atom. The number of aryl methyl sites for hydroxylation is 1. The highest BCUT2D eigenvalue weighted by molar-refractivity contribution is 6.05. The first-order valence-corrected chi connectivity index (χ1v) is 8.61. The summed E-state index contributed by atoms with van der Waals surface area (Å²) in [4.78, 5) is 12.8. The first-order chi connectivity index (χ1) is 13.1. The van der Waals surface area contributed by atoms with Crippen LogP contribution in [0.4, 0.5) is 5.69 Å². The second kappa shape index (κ2) is 6.72. The van der Waals surface area contributed by atoms with Crippen molar-refractivity contribution in [1.29, 1.82) is 0 Å². The Bertz CT molecular complexity index is 1010. The average molecular weight is 364 g/mol. The summed E-state index contributed by atoms with van der Waals surface area (Å²) >= 11 is 0. The molecule has 0 saturated heterocycles. The molecule has 1 aliphatic rings. The number of aromatic nitrogens is 1. The molecular formula is C21H20N2O4. The van der Waals surface area contributed by atoms with Gasteiger partial charge in [-0.15, -0.1) is 0 Å². The molecule has 3 aromatic rings. The number of amides is 1. The molecule has 0 spiro atoms. The molecule has 0 fully saturated rings. The van der Waals surface area contributed by atoms with Gasteiger partial charge in [0.15, 0.2) is 11.5 Å². The highest BCUT2D eigenvalue weighted by Gasteiger charge is 2.19. The lowest BCUT2D eigenvalue weighted by Crippen LogP contribution is -2.13. The van der Waals surface area contributed by atoms with Gasteiger partial charge in [-0.2, -0.15) is 0 Å². The number of fused-ring (bicyclic) bond motifs is 1. The molecule has 0 unspecified atom stereocenters. The molecule has 0 bridgehead atoms. The van der Waals surface area contributed by atoms with E-state index in [-0.39, 0.29) is 12.7 Å². The maximum atomic E-state index is 12.8. The number of nitrogens with one attached hydrogen (secondary N) is 1. The molecule has 6 heteroatoms. The summed E-state index contributed by atoms with van der Waals surface area (Å²) in [5.74, 6) is 1.95. The van der Waals surface area contributed by atoms with Crippen molar-refractivity contribution in [2.45, 2.75) is 13.8 Å². The van der Waals surface area contributed by atoms with Crippen molar-refractivity contribution in [3.05, 3.63) is 65.5 Å². The van der Waals surface area contributed by atoms with Crippen LogP contribution in [0.25, 0.3) is 5.69 Å². The van der Waals surface area contributed by atoms with Crippen LogP contribution >= 0.6 is 0 Å². The third-order valence-corrected chi connectivity index (χ3v) is 4.64. The lowest BCUT2D eigenvalue weighted by molar-refractivity contribution is 0.102. The van der Waals surface area contributed by atoms with Crippen LogP contribution in [0.1, 0.15) is 21.7 Å². The van der Waals surface area contributed by atoms with E-state index in [1.54, 1.807) is 25.3 Å². The summed E-state index contributed by atoms with van der Waals surface area (Å²) in [6.45, 7) is 4.12. The fourth-order valence-corrected chi connectivity index (χ4v) is 3.29. The summed E-state index contributed by atoms with van der Waals surface area (Å²) < 4.78 is 17.9. The largest absolute Gasteiger partial charge is 0.497 e. The van der Waals surface area contributed by atoms with E-state index in [0.717, 1.165) is 22.8 Å². The number of anilines is 1.